The van der Waals surface area contributed by atoms with E-state index >= 15 is 0 Å². The van der Waals surface area contributed by atoms with Crippen LogP contribution in [0.5, 0.6) is 0 Å². The van der Waals surface area contributed by atoms with E-state index in [4.69, 9.17) is 4.74 Å². The number of methoxy groups -OCH3 is 1. The van der Waals surface area contributed by atoms with Gasteiger partial charge in [-0.15, -0.1) is 0 Å². The Balaban J connectivity index is 1.91. The SMILES string of the molecule is COC(=O)C1CCN(C(=O)CCCN(c2ccc(F)c(F)c2)S(C)(=O)=O)CC1. The van der Waals surface area contributed by atoms with Crippen molar-refractivity contribution in [3.05, 3.63) is 29.8 Å². The summed E-state index contributed by atoms with van der Waals surface area (Å²) in [5, 5.41) is 0. The maximum atomic E-state index is 13.4. The third-order valence-corrected chi connectivity index (χ3v) is 5.92. The molecule has 0 radical (unpaired) electrons. The number of sulfonamides is 1. The molecule has 0 atom stereocenters. The van der Waals surface area contributed by atoms with Gasteiger partial charge in [0.25, 0.3) is 0 Å². The minimum atomic E-state index is -3.72. The summed E-state index contributed by atoms with van der Waals surface area (Å²) in [6.45, 7) is 0.851. The lowest BCUT2D eigenvalue weighted by Gasteiger charge is -2.31. The van der Waals surface area contributed by atoms with Crippen LogP contribution in [-0.4, -0.2) is 58.2 Å². The summed E-state index contributed by atoms with van der Waals surface area (Å²) in [6, 6.07) is 2.86. The van der Waals surface area contributed by atoms with Crippen molar-refractivity contribution in [1.29, 1.82) is 0 Å². The number of hydrogen-bond acceptors (Lipinski definition) is 5. The van der Waals surface area contributed by atoms with Gasteiger partial charge in [-0.05, 0) is 31.4 Å². The number of ether oxygens (including phenoxy) is 1. The molecule has 0 aliphatic carbocycles. The zero-order chi connectivity index (χ0) is 20.9. The van der Waals surface area contributed by atoms with E-state index in [0.29, 0.717) is 25.9 Å². The second-order valence-corrected chi connectivity index (χ2v) is 8.62. The number of halogens is 2. The number of rotatable bonds is 7. The second kappa shape index (κ2) is 9.31. The predicted octanol–water partition coefficient (Wildman–Crippen LogP) is 1.92. The lowest BCUT2D eigenvalue weighted by atomic mass is 9.97. The van der Waals surface area contributed by atoms with E-state index in [1.54, 1.807) is 4.90 Å². The summed E-state index contributed by atoms with van der Waals surface area (Å²) in [4.78, 5) is 25.5. The number of amides is 1. The highest BCUT2D eigenvalue weighted by atomic mass is 32.2. The maximum Gasteiger partial charge on any atom is 0.308 e. The molecule has 0 spiro atoms. The monoisotopic (exact) mass is 418 g/mol. The van der Waals surface area contributed by atoms with Crippen molar-refractivity contribution in [1.82, 2.24) is 4.90 Å². The van der Waals surface area contributed by atoms with Crippen LogP contribution in [0.15, 0.2) is 18.2 Å². The highest BCUT2D eigenvalue weighted by Crippen LogP contribution is 2.22. The van der Waals surface area contributed by atoms with E-state index in [-0.39, 0.29) is 42.9 Å². The van der Waals surface area contributed by atoms with Gasteiger partial charge in [0.15, 0.2) is 11.6 Å². The molecule has 1 fully saturated rings. The van der Waals surface area contributed by atoms with E-state index in [2.05, 4.69) is 0 Å². The lowest BCUT2D eigenvalue weighted by molar-refractivity contribution is -0.148. The molecule has 0 saturated carbocycles. The molecule has 2 rings (SSSR count). The van der Waals surface area contributed by atoms with Gasteiger partial charge < -0.3 is 9.64 Å². The number of likely N-dealkylation sites (tertiary alicyclic amines) is 1. The summed E-state index contributed by atoms with van der Waals surface area (Å²) in [7, 11) is -2.39. The van der Waals surface area contributed by atoms with Crippen LogP contribution < -0.4 is 4.31 Å². The van der Waals surface area contributed by atoms with Crippen molar-refractivity contribution in [2.45, 2.75) is 25.7 Å². The zero-order valence-electron chi connectivity index (χ0n) is 15.9. The van der Waals surface area contributed by atoms with Crippen LogP contribution in [0, 0.1) is 17.6 Å². The normalized spacial score (nSPS) is 15.4. The van der Waals surface area contributed by atoms with E-state index in [1.807, 2.05) is 0 Å². The minimum Gasteiger partial charge on any atom is -0.469 e. The first-order chi connectivity index (χ1) is 13.1. The Labute approximate surface area is 163 Å². The van der Waals surface area contributed by atoms with Gasteiger partial charge in [0.1, 0.15) is 0 Å². The molecule has 1 aromatic rings. The molecular weight excluding hydrogens is 394 g/mol. The summed E-state index contributed by atoms with van der Waals surface area (Å²) in [5.41, 5.74) is 0.00717. The first-order valence-corrected chi connectivity index (χ1v) is 10.8. The molecule has 1 aromatic carbocycles. The standard InChI is InChI=1S/C18H24F2N2O5S/c1-27-18(24)13-7-10-21(11-8-13)17(23)4-3-9-22(28(2,25)26)14-5-6-15(19)16(20)12-14/h5-6,12-13H,3-4,7-11H2,1-2H3. The highest BCUT2D eigenvalue weighted by Gasteiger charge is 2.28. The minimum absolute atomic E-state index is 0.00717. The molecule has 1 heterocycles. The Morgan fingerprint density at radius 3 is 2.39 bits per heavy atom. The smallest absolute Gasteiger partial charge is 0.308 e. The zero-order valence-corrected chi connectivity index (χ0v) is 16.7. The van der Waals surface area contributed by atoms with Gasteiger partial charge in [0.05, 0.1) is 25.0 Å². The lowest BCUT2D eigenvalue weighted by Crippen LogP contribution is -2.40. The summed E-state index contributed by atoms with van der Waals surface area (Å²) in [6.07, 6.45) is 2.36. The quantitative estimate of drug-likeness (QED) is 0.632. The molecule has 0 N–H and O–H groups in total. The molecule has 156 valence electrons. The van der Waals surface area contributed by atoms with Gasteiger partial charge in [0.2, 0.25) is 15.9 Å². The third kappa shape index (κ3) is 5.63. The number of hydrogen-bond donors (Lipinski definition) is 0. The Hall–Kier alpha value is -2.23. The number of esters is 1. The Morgan fingerprint density at radius 2 is 1.86 bits per heavy atom. The third-order valence-electron chi connectivity index (χ3n) is 4.73. The second-order valence-electron chi connectivity index (χ2n) is 6.72. The maximum absolute atomic E-state index is 13.4. The number of carbonyl (C=O) groups is 2. The first kappa shape index (κ1) is 22.1. The average molecular weight is 418 g/mol. The summed E-state index contributed by atoms with van der Waals surface area (Å²) >= 11 is 0. The van der Waals surface area contributed by atoms with E-state index < -0.39 is 21.7 Å². The topological polar surface area (TPSA) is 84.0 Å². The van der Waals surface area contributed by atoms with Crippen molar-refractivity contribution in [2.24, 2.45) is 5.92 Å². The molecule has 0 bridgehead atoms. The largest absolute Gasteiger partial charge is 0.469 e. The van der Waals surface area contributed by atoms with Gasteiger partial charge in [-0.3, -0.25) is 13.9 Å². The summed E-state index contributed by atoms with van der Waals surface area (Å²) in [5.74, 6) is -2.83. The van der Waals surface area contributed by atoms with Crippen LogP contribution in [0.25, 0.3) is 0 Å². The fourth-order valence-corrected chi connectivity index (χ4v) is 4.15. The molecular formula is C18H24F2N2O5S. The number of benzene rings is 1. The molecule has 0 aromatic heterocycles. The average Bonchev–Trinajstić information content (AvgIpc) is 2.66. The van der Waals surface area contributed by atoms with Crippen LogP contribution in [0.3, 0.4) is 0 Å². The molecule has 0 unspecified atom stereocenters. The predicted molar refractivity (Wildman–Crippen MR) is 99.1 cm³/mol. The van der Waals surface area contributed by atoms with Crippen molar-refractivity contribution >= 4 is 27.6 Å². The number of nitrogens with zero attached hydrogens (tertiary/aromatic N) is 2. The molecule has 1 saturated heterocycles. The number of anilines is 1. The van der Waals surface area contributed by atoms with Gasteiger partial charge >= 0.3 is 5.97 Å². The number of carbonyl (C=O) groups excluding carboxylic acids is 2. The van der Waals surface area contributed by atoms with Crippen molar-refractivity contribution < 1.29 is 31.5 Å². The van der Waals surface area contributed by atoms with Crippen molar-refractivity contribution in [3.8, 4) is 0 Å². The van der Waals surface area contributed by atoms with Crippen molar-refractivity contribution in [2.75, 3.05) is 37.3 Å². The van der Waals surface area contributed by atoms with Crippen LogP contribution in [0.2, 0.25) is 0 Å². The van der Waals surface area contributed by atoms with E-state index in [1.165, 1.54) is 13.2 Å². The fourth-order valence-electron chi connectivity index (χ4n) is 3.19. The first-order valence-electron chi connectivity index (χ1n) is 8.92. The molecule has 1 amide bonds. The molecule has 7 nitrogen and oxygen atoms in total. The van der Waals surface area contributed by atoms with Gasteiger partial charge in [-0.25, -0.2) is 17.2 Å². The Kier molecular flexibility index (Phi) is 7.34. The van der Waals surface area contributed by atoms with Crippen LogP contribution in [0.1, 0.15) is 25.7 Å². The van der Waals surface area contributed by atoms with Gasteiger partial charge in [-0.2, -0.15) is 0 Å². The van der Waals surface area contributed by atoms with E-state index in [0.717, 1.165) is 22.7 Å². The Bertz CT molecular complexity index is 823. The van der Waals surface area contributed by atoms with Crippen LogP contribution in [0.4, 0.5) is 14.5 Å². The molecule has 28 heavy (non-hydrogen) atoms. The molecule has 1 aliphatic rings. The van der Waals surface area contributed by atoms with Crippen LogP contribution >= 0.6 is 0 Å². The van der Waals surface area contributed by atoms with Gasteiger partial charge in [0, 0.05) is 32.1 Å². The van der Waals surface area contributed by atoms with Crippen LogP contribution in [-0.2, 0) is 24.3 Å². The Morgan fingerprint density at radius 1 is 1.21 bits per heavy atom. The van der Waals surface area contributed by atoms with Gasteiger partial charge in [-0.1, -0.05) is 0 Å². The molecule has 1 aliphatic heterocycles. The van der Waals surface area contributed by atoms with E-state index in [9.17, 15) is 26.8 Å². The molecule has 10 heteroatoms. The number of piperidine rings is 1. The fraction of sp³-hybridized carbons (Fsp3) is 0.556. The van der Waals surface area contributed by atoms with Crippen molar-refractivity contribution in [3.63, 3.8) is 0 Å². The highest BCUT2D eigenvalue weighted by molar-refractivity contribution is 7.92. The summed E-state index contributed by atoms with van der Waals surface area (Å²) < 4.78 is 56.2.